The van der Waals surface area contributed by atoms with E-state index in [-0.39, 0.29) is 11.9 Å². The molecule has 16 heavy (non-hydrogen) atoms. The van der Waals surface area contributed by atoms with Crippen molar-refractivity contribution in [2.24, 2.45) is 17.8 Å². The zero-order valence-corrected chi connectivity index (χ0v) is 10.0. The van der Waals surface area contributed by atoms with Gasteiger partial charge in [0, 0.05) is 0 Å². The number of fused-ring (bicyclic) bond motifs is 2. The monoisotopic (exact) mass is 224 g/mol. The van der Waals surface area contributed by atoms with E-state index in [0.717, 1.165) is 19.3 Å². The molecule has 1 saturated carbocycles. The largest absolute Gasteiger partial charge is 0.436 e. The van der Waals surface area contributed by atoms with Crippen molar-refractivity contribution in [1.82, 2.24) is 0 Å². The molecular weight excluding hydrogens is 204 g/mol. The summed E-state index contributed by atoms with van der Waals surface area (Å²) in [5.74, 6) is 1.01. The van der Waals surface area contributed by atoms with Gasteiger partial charge in [0.1, 0.15) is 0 Å². The Balaban J connectivity index is 1.78. The fraction of sp³-hybridized carbons (Fsp3) is 0.769. The Morgan fingerprint density at radius 1 is 1.44 bits per heavy atom. The van der Waals surface area contributed by atoms with Crippen LogP contribution in [0, 0.1) is 17.8 Å². The molecule has 0 aromatic heterocycles. The van der Waals surface area contributed by atoms with Crippen LogP contribution in [-0.4, -0.2) is 18.9 Å². The van der Waals surface area contributed by atoms with Gasteiger partial charge in [-0.3, -0.25) is 4.79 Å². The number of allylic oxidation sites excluding steroid dienone is 2. The summed E-state index contributed by atoms with van der Waals surface area (Å²) in [6.07, 6.45) is 7.02. The number of carbonyl (C=O) groups excluding carboxylic acids is 1. The van der Waals surface area contributed by atoms with Crippen molar-refractivity contribution in [2.45, 2.75) is 39.4 Å². The van der Waals surface area contributed by atoms with Crippen molar-refractivity contribution < 1.29 is 14.3 Å². The van der Waals surface area contributed by atoms with Crippen LogP contribution in [0.25, 0.3) is 0 Å². The zero-order valence-electron chi connectivity index (χ0n) is 10.0. The van der Waals surface area contributed by atoms with E-state index in [1.165, 1.54) is 0 Å². The Labute approximate surface area is 96.8 Å². The summed E-state index contributed by atoms with van der Waals surface area (Å²) in [6, 6.07) is 0. The average molecular weight is 224 g/mol. The highest BCUT2D eigenvalue weighted by Crippen LogP contribution is 2.43. The van der Waals surface area contributed by atoms with E-state index in [9.17, 15) is 4.79 Å². The van der Waals surface area contributed by atoms with E-state index in [0.29, 0.717) is 18.4 Å². The lowest BCUT2D eigenvalue weighted by Crippen LogP contribution is -2.26. The predicted octanol–water partition coefficient (Wildman–Crippen LogP) is 2.51. The number of hydrogen-bond donors (Lipinski definition) is 0. The van der Waals surface area contributed by atoms with Gasteiger partial charge in [0.2, 0.25) is 0 Å². The Morgan fingerprint density at radius 3 is 2.81 bits per heavy atom. The first kappa shape index (κ1) is 11.6. The Morgan fingerprint density at radius 2 is 2.25 bits per heavy atom. The summed E-state index contributed by atoms with van der Waals surface area (Å²) < 4.78 is 10.6. The van der Waals surface area contributed by atoms with Gasteiger partial charge in [0.25, 0.3) is 0 Å². The first-order valence-corrected chi connectivity index (χ1v) is 6.21. The SMILES string of the molecule is CCCOC(C)OC(=O)C1CC2C=CC1C2. The topological polar surface area (TPSA) is 35.5 Å². The smallest absolute Gasteiger partial charge is 0.311 e. The molecule has 4 unspecified atom stereocenters. The molecule has 0 spiro atoms. The molecule has 0 heterocycles. The predicted molar refractivity (Wildman–Crippen MR) is 60.6 cm³/mol. The second kappa shape index (κ2) is 5.00. The molecule has 1 fully saturated rings. The van der Waals surface area contributed by atoms with Gasteiger partial charge in [0.05, 0.1) is 12.5 Å². The van der Waals surface area contributed by atoms with Gasteiger partial charge in [-0.15, -0.1) is 0 Å². The van der Waals surface area contributed by atoms with Crippen LogP contribution in [0.2, 0.25) is 0 Å². The number of rotatable bonds is 5. The van der Waals surface area contributed by atoms with E-state index in [1.807, 2.05) is 6.92 Å². The van der Waals surface area contributed by atoms with Gasteiger partial charge >= 0.3 is 5.97 Å². The van der Waals surface area contributed by atoms with Crippen LogP contribution in [0.15, 0.2) is 12.2 Å². The molecule has 2 rings (SSSR count). The molecule has 0 radical (unpaired) electrons. The second-order valence-corrected chi connectivity index (χ2v) is 4.76. The van der Waals surface area contributed by atoms with Gasteiger partial charge in [-0.2, -0.15) is 0 Å². The lowest BCUT2D eigenvalue weighted by molar-refractivity contribution is -0.180. The molecule has 90 valence electrons. The summed E-state index contributed by atoms with van der Waals surface area (Å²) in [5, 5.41) is 0. The van der Waals surface area contributed by atoms with Crippen LogP contribution in [0.3, 0.4) is 0 Å². The maximum Gasteiger partial charge on any atom is 0.311 e. The summed E-state index contributed by atoms with van der Waals surface area (Å²) in [6.45, 7) is 4.47. The molecule has 0 aromatic rings. The van der Waals surface area contributed by atoms with Gasteiger partial charge in [0.15, 0.2) is 6.29 Å². The molecule has 0 amide bonds. The molecule has 0 aromatic carbocycles. The molecule has 3 heteroatoms. The molecule has 2 aliphatic carbocycles. The summed E-state index contributed by atoms with van der Waals surface area (Å²) in [7, 11) is 0. The van der Waals surface area contributed by atoms with Crippen LogP contribution in [-0.2, 0) is 14.3 Å². The van der Waals surface area contributed by atoms with Crippen LogP contribution in [0.4, 0.5) is 0 Å². The maximum absolute atomic E-state index is 11.9. The van der Waals surface area contributed by atoms with E-state index < -0.39 is 6.29 Å². The first-order valence-electron chi connectivity index (χ1n) is 6.21. The third kappa shape index (κ3) is 2.46. The Kier molecular flexibility index (Phi) is 3.64. The molecule has 0 N–H and O–H groups in total. The zero-order chi connectivity index (χ0) is 11.5. The van der Waals surface area contributed by atoms with E-state index in [1.54, 1.807) is 6.92 Å². The maximum atomic E-state index is 11.9. The number of esters is 1. The Bertz CT molecular complexity index is 285. The fourth-order valence-corrected chi connectivity index (χ4v) is 2.62. The molecule has 3 nitrogen and oxygen atoms in total. The molecule has 2 bridgehead atoms. The van der Waals surface area contributed by atoms with Gasteiger partial charge in [-0.25, -0.2) is 0 Å². The van der Waals surface area contributed by atoms with Crippen molar-refractivity contribution in [3.8, 4) is 0 Å². The summed E-state index contributed by atoms with van der Waals surface area (Å²) in [4.78, 5) is 11.9. The third-order valence-electron chi connectivity index (χ3n) is 3.42. The van der Waals surface area contributed by atoms with Crippen LogP contribution < -0.4 is 0 Å². The summed E-state index contributed by atoms with van der Waals surface area (Å²) >= 11 is 0. The minimum absolute atomic E-state index is 0.0719. The normalized spacial score (nSPS) is 33.0. The number of ether oxygens (including phenoxy) is 2. The minimum atomic E-state index is -0.407. The van der Waals surface area contributed by atoms with Crippen molar-refractivity contribution in [1.29, 1.82) is 0 Å². The third-order valence-corrected chi connectivity index (χ3v) is 3.42. The molecule has 2 aliphatic rings. The van der Waals surface area contributed by atoms with Crippen molar-refractivity contribution in [3.05, 3.63) is 12.2 Å². The van der Waals surface area contributed by atoms with E-state index in [4.69, 9.17) is 9.47 Å². The number of hydrogen-bond acceptors (Lipinski definition) is 3. The van der Waals surface area contributed by atoms with Crippen molar-refractivity contribution in [3.63, 3.8) is 0 Å². The average Bonchev–Trinajstić information content (AvgIpc) is 2.87. The van der Waals surface area contributed by atoms with Gasteiger partial charge in [-0.1, -0.05) is 19.1 Å². The lowest BCUT2D eigenvalue weighted by Gasteiger charge is -2.20. The van der Waals surface area contributed by atoms with Crippen molar-refractivity contribution >= 4 is 5.97 Å². The molecular formula is C13H20O3. The molecule has 4 atom stereocenters. The van der Waals surface area contributed by atoms with E-state index in [2.05, 4.69) is 12.2 Å². The highest BCUT2D eigenvalue weighted by atomic mass is 16.7. The highest BCUT2D eigenvalue weighted by Gasteiger charge is 2.41. The fourth-order valence-electron chi connectivity index (χ4n) is 2.62. The lowest BCUT2D eigenvalue weighted by atomic mass is 9.94. The Hall–Kier alpha value is -0.830. The van der Waals surface area contributed by atoms with Crippen LogP contribution in [0.1, 0.15) is 33.1 Å². The first-order chi connectivity index (χ1) is 7.70. The standard InChI is InChI=1S/C13H20O3/c1-3-6-15-9(2)16-13(14)12-8-10-4-5-11(12)7-10/h4-5,9-12H,3,6-8H2,1-2H3. The quantitative estimate of drug-likeness (QED) is 0.409. The van der Waals surface area contributed by atoms with Gasteiger partial charge < -0.3 is 9.47 Å². The minimum Gasteiger partial charge on any atom is -0.436 e. The van der Waals surface area contributed by atoms with Crippen LogP contribution >= 0.6 is 0 Å². The van der Waals surface area contributed by atoms with Gasteiger partial charge in [-0.05, 0) is 38.0 Å². The number of carbonyl (C=O) groups is 1. The second-order valence-electron chi connectivity index (χ2n) is 4.76. The van der Waals surface area contributed by atoms with Crippen molar-refractivity contribution in [2.75, 3.05) is 6.61 Å². The summed E-state index contributed by atoms with van der Waals surface area (Å²) in [5.41, 5.74) is 0. The molecule has 0 saturated heterocycles. The van der Waals surface area contributed by atoms with Crippen LogP contribution in [0.5, 0.6) is 0 Å². The highest BCUT2D eigenvalue weighted by molar-refractivity contribution is 5.74. The molecule has 0 aliphatic heterocycles. The van der Waals surface area contributed by atoms with E-state index >= 15 is 0 Å².